The van der Waals surface area contributed by atoms with Crippen molar-refractivity contribution in [1.29, 1.82) is 0 Å². The van der Waals surface area contributed by atoms with Crippen LogP contribution < -0.4 is 0 Å². The number of aromatic nitrogens is 1. The number of fused-ring (bicyclic) bond motifs is 3. The molecule has 2 aliphatic rings. The molecule has 27 heavy (non-hydrogen) atoms. The molecule has 0 spiro atoms. The summed E-state index contributed by atoms with van der Waals surface area (Å²) in [5, 5.41) is -0.364. The van der Waals surface area contributed by atoms with Crippen molar-refractivity contribution in [2.24, 2.45) is 0 Å². The van der Waals surface area contributed by atoms with Crippen LogP contribution in [0.2, 0.25) is 0 Å². The van der Waals surface area contributed by atoms with Crippen LogP contribution in [0.3, 0.4) is 0 Å². The highest BCUT2D eigenvalue weighted by atomic mass is 32.2. The third kappa shape index (κ3) is 2.71. The van der Waals surface area contributed by atoms with Crippen LogP contribution >= 0.6 is 0 Å². The molecule has 0 aliphatic carbocycles. The topological polar surface area (TPSA) is 63.4 Å². The molecule has 0 saturated carbocycles. The predicted molar refractivity (Wildman–Crippen MR) is 102 cm³/mol. The molecule has 6 heteroatoms. The van der Waals surface area contributed by atoms with Crippen LogP contribution in [-0.4, -0.2) is 36.6 Å². The highest BCUT2D eigenvalue weighted by Crippen LogP contribution is 2.46. The van der Waals surface area contributed by atoms with E-state index in [4.69, 9.17) is 4.42 Å². The van der Waals surface area contributed by atoms with Gasteiger partial charge in [0.2, 0.25) is 0 Å². The van der Waals surface area contributed by atoms with Crippen molar-refractivity contribution in [3.8, 4) is 11.1 Å². The van der Waals surface area contributed by atoms with E-state index in [1.807, 2.05) is 43.3 Å². The van der Waals surface area contributed by atoms with Gasteiger partial charge in [-0.15, -0.1) is 0 Å². The molecular formula is C21H20N2O3S. The number of rotatable bonds is 3. The molecule has 2 atom stereocenters. The van der Waals surface area contributed by atoms with E-state index in [1.54, 1.807) is 18.6 Å². The molecule has 0 bridgehead atoms. The van der Waals surface area contributed by atoms with Gasteiger partial charge in [0.25, 0.3) is 0 Å². The minimum atomic E-state index is -3.29. The Hall–Kier alpha value is -2.44. The molecule has 1 saturated heterocycles. The van der Waals surface area contributed by atoms with E-state index >= 15 is 0 Å². The van der Waals surface area contributed by atoms with Crippen molar-refractivity contribution in [2.45, 2.75) is 29.5 Å². The first-order chi connectivity index (χ1) is 13.0. The van der Waals surface area contributed by atoms with Crippen LogP contribution in [0.4, 0.5) is 0 Å². The smallest absolute Gasteiger partial charge is 0.183 e. The number of furan rings is 1. The van der Waals surface area contributed by atoms with Gasteiger partial charge < -0.3 is 4.42 Å². The standard InChI is InChI=1S/C21H20N2O3S/c1-14-3-2-4-17(22-14)10-23-11-19-18-9-15(16-7-8-26-13-16)5-6-20(18)27(24,25)21(19)12-23/h2-9,13,19,21H,10-12H2,1H3/t19-,21+/m1/s1. The molecule has 4 heterocycles. The van der Waals surface area contributed by atoms with E-state index < -0.39 is 9.84 Å². The lowest BCUT2D eigenvalue weighted by Crippen LogP contribution is -2.26. The summed E-state index contributed by atoms with van der Waals surface area (Å²) in [5.41, 5.74) is 4.88. The summed E-state index contributed by atoms with van der Waals surface area (Å²) in [6, 6.07) is 13.5. The van der Waals surface area contributed by atoms with Gasteiger partial charge in [-0.2, -0.15) is 0 Å². The van der Waals surface area contributed by atoms with E-state index in [9.17, 15) is 8.42 Å². The van der Waals surface area contributed by atoms with Gasteiger partial charge in [0.15, 0.2) is 9.84 Å². The molecule has 5 nitrogen and oxygen atoms in total. The summed E-state index contributed by atoms with van der Waals surface area (Å²) in [5.74, 6) is 0.0154. The third-order valence-corrected chi connectivity index (χ3v) is 7.90. The van der Waals surface area contributed by atoms with Gasteiger partial charge in [0, 0.05) is 36.8 Å². The molecule has 0 N–H and O–H groups in total. The number of benzene rings is 1. The lowest BCUT2D eigenvalue weighted by atomic mass is 9.95. The average Bonchev–Trinajstić information content (AvgIpc) is 3.34. The van der Waals surface area contributed by atoms with Gasteiger partial charge >= 0.3 is 0 Å². The number of pyridine rings is 1. The van der Waals surface area contributed by atoms with Crippen LogP contribution in [0.5, 0.6) is 0 Å². The SMILES string of the molecule is Cc1cccc(CN2C[C@@H]3c4cc(-c5ccoc5)ccc4S(=O)(=O)[C@H]3C2)n1. The number of nitrogens with zero attached hydrogens (tertiary/aromatic N) is 2. The minimum absolute atomic E-state index is 0.0154. The predicted octanol–water partition coefficient (Wildman–Crippen LogP) is 3.41. The maximum absolute atomic E-state index is 13.1. The molecule has 1 aromatic carbocycles. The summed E-state index contributed by atoms with van der Waals surface area (Å²) in [4.78, 5) is 7.27. The highest BCUT2D eigenvalue weighted by molar-refractivity contribution is 7.92. The van der Waals surface area contributed by atoms with Gasteiger partial charge in [-0.25, -0.2) is 8.42 Å². The Bertz CT molecular complexity index is 1110. The Balaban J connectivity index is 1.47. The maximum atomic E-state index is 13.1. The van der Waals surface area contributed by atoms with Gasteiger partial charge in [-0.05, 0) is 48.4 Å². The van der Waals surface area contributed by atoms with Crippen LogP contribution in [-0.2, 0) is 16.4 Å². The molecule has 5 rings (SSSR count). The molecule has 0 unspecified atom stereocenters. The summed E-state index contributed by atoms with van der Waals surface area (Å²) in [6.07, 6.45) is 3.32. The quantitative estimate of drug-likeness (QED) is 0.697. The summed E-state index contributed by atoms with van der Waals surface area (Å²) in [7, 11) is -3.29. The third-order valence-electron chi connectivity index (χ3n) is 5.64. The number of aryl methyl sites for hydroxylation is 1. The number of likely N-dealkylation sites (tertiary alicyclic amines) is 1. The van der Waals surface area contributed by atoms with Gasteiger partial charge in [-0.1, -0.05) is 12.1 Å². The van der Waals surface area contributed by atoms with Gasteiger partial charge in [0.05, 0.1) is 28.4 Å². The Labute approximate surface area is 158 Å². The molecule has 0 radical (unpaired) electrons. The maximum Gasteiger partial charge on any atom is 0.183 e. The molecule has 1 fully saturated rings. The van der Waals surface area contributed by atoms with Crippen molar-refractivity contribution in [2.75, 3.05) is 13.1 Å². The fourth-order valence-corrected chi connectivity index (χ4v) is 6.57. The highest BCUT2D eigenvalue weighted by Gasteiger charge is 2.50. The van der Waals surface area contributed by atoms with E-state index in [1.165, 1.54) is 0 Å². The zero-order valence-corrected chi connectivity index (χ0v) is 15.8. The second-order valence-electron chi connectivity index (χ2n) is 7.42. The number of hydrogen-bond donors (Lipinski definition) is 0. The summed E-state index contributed by atoms with van der Waals surface area (Å²) < 4.78 is 31.3. The Morgan fingerprint density at radius 2 is 2.04 bits per heavy atom. The Kier molecular flexibility index (Phi) is 3.74. The van der Waals surface area contributed by atoms with Crippen LogP contribution in [0, 0.1) is 6.92 Å². The first kappa shape index (κ1) is 16.7. The van der Waals surface area contributed by atoms with Crippen molar-refractivity contribution in [3.63, 3.8) is 0 Å². The number of sulfone groups is 1. The zero-order valence-electron chi connectivity index (χ0n) is 15.0. The van der Waals surface area contributed by atoms with E-state index in [0.29, 0.717) is 18.0 Å². The van der Waals surface area contributed by atoms with Crippen molar-refractivity contribution in [3.05, 3.63) is 71.9 Å². The first-order valence-corrected chi connectivity index (χ1v) is 10.6. The normalized spacial score (nSPS) is 23.3. The van der Waals surface area contributed by atoms with Crippen molar-refractivity contribution < 1.29 is 12.8 Å². The van der Waals surface area contributed by atoms with Crippen LogP contribution in [0.1, 0.15) is 22.9 Å². The van der Waals surface area contributed by atoms with Crippen LogP contribution in [0.25, 0.3) is 11.1 Å². The summed E-state index contributed by atoms with van der Waals surface area (Å²) in [6.45, 7) is 3.95. The molecule has 2 aromatic heterocycles. The molecule has 0 amide bonds. The molecular weight excluding hydrogens is 360 g/mol. The molecule has 3 aromatic rings. The van der Waals surface area contributed by atoms with Crippen molar-refractivity contribution in [1.82, 2.24) is 9.88 Å². The first-order valence-electron chi connectivity index (χ1n) is 9.08. The largest absolute Gasteiger partial charge is 0.472 e. The second-order valence-corrected chi connectivity index (χ2v) is 9.55. The van der Waals surface area contributed by atoms with Gasteiger partial charge in [0.1, 0.15) is 0 Å². The average molecular weight is 380 g/mol. The lowest BCUT2D eigenvalue weighted by molar-refractivity contribution is 0.321. The van der Waals surface area contributed by atoms with Crippen molar-refractivity contribution >= 4 is 9.84 Å². The minimum Gasteiger partial charge on any atom is -0.472 e. The van der Waals surface area contributed by atoms with E-state index in [0.717, 1.165) is 34.6 Å². The molecule has 2 aliphatic heterocycles. The fraction of sp³-hybridized carbons (Fsp3) is 0.286. The molecule has 138 valence electrons. The van der Waals surface area contributed by atoms with E-state index in [2.05, 4.69) is 9.88 Å². The monoisotopic (exact) mass is 380 g/mol. The fourth-order valence-electron chi connectivity index (χ4n) is 4.38. The number of hydrogen-bond acceptors (Lipinski definition) is 5. The van der Waals surface area contributed by atoms with E-state index in [-0.39, 0.29) is 11.2 Å². The van der Waals surface area contributed by atoms with Gasteiger partial charge in [-0.3, -0.25) is 9.88 Å². The Morgan fingerprint density at radius 1 is 1.15 bits per heavy atom. The Morgan fingerprint density at radius 3 is 2.81 bits per heavy atom. The second kappa shape index (κ2) is 6.04. The summed E-state index contributed by atoms with van der Waals surface area (Å²) >= 11 is 0. The zero-order chi connectivity index (χ0) is 18.6. The lowest BCUT2D eigenvalue weighted by Gasteiger charge is -2.17. The van der Waals surface area contributed by atoms with Crippen LogP contribution in [0.15, 0.2) is 64.3 Å².